The highest BCUT2D eigenvalue weighted by molar-refractivity contribution is 5.38. The molecule has 1 saturated heterocycles. The standard InChI is InChI=1S/C16H29N5/c1-6-17-11-12(2)15-13(3)18-16(19-14(15)4)21-9-7-20(5)8-10-21/h12,17H,6-11H2,1-5H3. The first-order valence-electron chi connectivity index (χ1n) is 8.02. The third-order valence-electron chi connectivity index (χ3n) is 4.29. The summed E-state index contributed by atoms with van der Waals surface area (Å²) in [6.07, 6.45) is 0. The third-order valence-corrected chi connectivity index (χ3v) is 4.29. The van der Waals surface area contributed by atoms with Crippen LogP contribution < -0.4 is 10.2 Å². The quantitative estimate of drug-likeness (QED) is 0.892. The second-order valence-corrected chi connectivity index (χ2v) is 6.11. The summed E-state index contributed by atoms with van der Waals surface area (Å²) in [7, 11) is 2.17. The zero-order chi connectivity index (χ0) is 15.4. The van der Waals surface area contributed by atoms with Gasteiger partial charge >= 0.3 is 0 Å². The van der Waals surface area contributed by atoms with Crippen molar-refractivity contribution in [2.24, 2.45) is 0 Å². The predicted octanol–water partition coefficient (Wildman–Crippen LogP) is 1.56. The molecule has 1 aliphatic rings. The first-order valence-corrected chi connectivity index (χ1v) is 8.02. The number of hydrogen-bond acceptors (Lipinski definition) is 5. The highest BCUT2D eigenvalue weighted by atomic mass is 15.3. The zero-order valence-electron chi connectivity index (χ0n) is 14.1. The fourth-order valence-corrected chi connectivity index (χ4v) is 3.03. The van der Waals surface area contributed by atoms with Crippen molar-refractivity contribution in [2.45, 2.75) is 33.6 Å². The number of nitrogens with one attached hydrogen (secondary N) is 1. The van der Waals surface area contributed by atoms with Gasteiger partial charge in [-0.3, -0.25) is 0 Å². The molecule has 21 heavy (non-hydrogen) atoms. The van der Waals surface area contributed by atoms with E-state index in [0.717, 1.165) is 56.6 Å². The molecule has 1 aromatic heterocycles. The summed E-state index contributed by atoms with van der Waals surface area (Å²) in [6, 6.07) is 0. The molecule has 0 spiro atoms. The lowest BCUT2D eigenvalue weighted by Gasteiger charge is -2.33. The number of piperazine rings is 1. The van der Waals surface area contributed by atoms with Crippen LogP contribution in [0.4, 0.5) is 5.95 Å². The molecule has 1 atom stereocenters. The predicted molar refractivity (Wildman–Crippen MR) is 88.2 cm³/mol. The summed E-state index contributed by atoms with van der Waals surface area (Å²) >= 11 is 0. The summed E-state index contributed by atoms with van der Waals surface area (Å²) in [4.78, 5) is 14.2. The molecule has 0 aromatic carbocycles. The van der Waals surface area contributed by atoms with E-state index in [2.05, 4.69) is 49.9 Å². The van der Waals surface area contributed by atoms with E-state index in [4.69, 9.17) is 9.97 Å². The maximum atomic E-state index is 4.78. The van der Waals surface area contributed by atoms with Gasteiger partial charge in [0.05, 0.1) is 0 Å². The van der Waals surface area contributed by atoms with Crippen LogP contribution in [0.15, 0.2) is 0 Å². The van der Waals surface area contributed by atoms with Crippen molar-refractivity contribution in [1.29, 1.82) is 0 Å². The van der Waals surface area contributed by atoms with Crippen LogP contribution in [-0.4, -0.2) is 61.2 Å². The maximum absolute atomic E-state index is 4.78. The van der Waals surface area contributed by atoms with Gasteiger partial charge in [-0.05, 0) is 38.9 Å². The summed E-state index contributed by atoms with van der Waals surface area (Å²) in [5.74, 6) is 1.35. The molecule has 1 N–H and O–H groups in total. The Hall–Kier alpha value is -1.20. The Kier molecular flexibility index (Phi) is 5.53. The van der Waals surface area contributed by atoms with Gasteiger partial charge in [-0.15, -0.1) is 0 Å². The zero-order valence-corrected chi connectivity index (χ0v) is 14.1. The van der Waals surface area contributed by atoms with E-state index in [0.29, 0.717) is 5.92 Å². The summed E-state index contributed by atoms with van der Waals surface area (Å²) in [5.41, 5.74) is 3.55. The fourth-order valence-electron chi connectivity index (χ4n) is 3.03. The Morgan fingerprint density at radius 3 is 2.19 bits per heavy atom. The molecule has 0 saturated carbocycles. The van der Waals surface area contributed by atoms with Crippen LogP contribution in [0.3, 0.4) is 0 Å². The van der Waals surface area contributed by atoms with Gasteiger partial charge in [-0.25, -0.2) is 9.97 Å². The first kappa shape index (κ1) is 16.2. The van der Waals surface area contributed by atoms with Crippen molar-refractivity contribution < 1.29 is 0 Å². The average molecular weight is 291 g/mol. The van der Waals surface area contributed by atoms with E-state index < -0.39 is 0 Å². The van der Waals surface area contributed by atoms with E-state index in [-0.39, 0.29) is 0 Å². The highest BCUT2D eigenvalue weighted by Gasteiger charge is 2.20. The lowest BCUT2D eigenvalue weighted by molar-refractivity contribution is 0.311. The fraction of sp³-hybridized carbons (Fsp3) is 0.750. The molecule has 2 heterocycles. The number of aromatic nitrogens is 2. The number of rotatable bonds is 5. The van der Waals surface area contributed by atoms with Crippen molar-refractivity contribution in [3.63, 3.8) is 0 Å². The molecule has 5 heteroatoms. The summed E-state index contributed by atoms with van der Waals surface area (Å²) in [5, 5.41) is 3.41. The van der Waals surface area contributed by atoms with Crippen LogP contribution in [-0.2, 0) is 0 Å². The molecule has 1 aromatic rings. The third kappa shape index (κ3) is 3.92. The molecule has 0 radical (unpaired) electrons. The van der Waals surface area contributed by atoms with Gasteiger partial charge < -0.3 is 15.1 Å². The van der Waals surface area contributed by atoms with E-state index in [1.54, 1.807) is 0 Å². The second-order valence-electron chi connectivity index (χ2n) is 6.11. The van der Waals surface area contributed by atoms with E-state index in [9.17, 15) is 0 Å². The van der Waals surface area contributed by atoms with Crippen molar-refractivity contribution in [3.8, 4) is 0 Å². The topological polar surface area (TPSA) is 44.3 Å². The molecular weight excluding hydrogens is 262 g/mol. The number of nitrogens with zero attached hydrogens (tertiary/aromatic N) is 4. The van der Waals surface area contributed by atoms with Gasteiger partial charge in [-0.1, -0.05) is 13.8 Å². The minimum Gasteiger partial charge on any atom is -0.338 e. The minimum absolute atomic E-state index is 0.450. The molecule has 0 bridgehead atoms. The van der Waals surface area contributed by atoms with E-state index in [1.165, 1.54) is 5.56 Å². The normalized spacial score (nSPS) is 18.0. The monoisotopic (exact) mass is 291 g/mol. The van der Waals surface area contributed by atoms with Crippen LogP contribution in [0.2, 0.25) is 0 Å². The van der Waals surface area contributed by atoms with Crippen molar-refractivity contribution >= 4 is 5.95 Å². The Labute approximate surface area is 128 Å². The summed E-state index contributed by atoms with van der Waals surface area (Å²) < 4.78 is 0. The van der Waals surface area contributed by atoms with Crippen molar-refractivity contribution in [1.82, 2.24) is 20.2 Å². The van der Waals surface area contributed by atoms with E-state index >= 15 is 0 Å². The van der Waals surface area contributed by atoms with Crippen LogP contribution in [0.1, 0.15) is 36.7 Å². The van der Waals surface area contributed by atoms with E-state index in [1.807, 2.05) is 0 Å². The van der Waals surface area contributed by atoms with Crippen LogP contribution in [0.5, 0.6) is 0 Å². The molecule has 1 fully saturated rings. The van der Waals surface area contributed by atoms with Crippen molar-refractivity contribution in [3.05, 3.63) is 17.0 Å². The smallest absolute Gasteiger partial charge is 0.225 e. The molecule has 5 nitrogen and oxygen atoms in total. The van der Waals surface area contributed by atoms with Gasteiger partial charge in [0, 0.05) is 44.1 Å². The molecule has 1 unspecified atom stereocenters. The van der Waals surface area contributed by atoms with Crippen LogP contribution in [0, 0.1) is 13.8 Å². The molecule has 118 valence electrons. The molecule has 0 aliphatic carbocycles. The van der Waals surface area contributed by atoms with Gasteiger partial charge in [0.2, 0.25) is 5.95 Å². The molecule has 1 aliphatic heterocycles. The van der Waals surface area contributed by atoms with Gasteiger partial charge in [0.15, 0.2) is 0 Å². The van der Waals surface area contributed by atoms with Gasteiger partial charge in [0.1, 0.15) is 0 Å². The Morgan fingerprint density at radius 2 is 1.67 bits per heavy atom. The number of aryl methyl sites for hydroxylation is 2. The number of hydrogen-bond donors (Lipinski definition) is 1. The lowest BCUT2D eigenvalue weighted by Crippen LogP contribution is -2.45. The molecular formula is C16H29N5. The Bertz CT molecular complexity index is 443. The number of likely N-dealkylation sites (N-methyl/N-ethyl adjacent to an activating group) is 2. The SMILES string of the molecule is CCNCC(C)c1c(C)nc(N2CCN(C)CC2)nc1C. The maximum Gasteiger partial charge on any atom is 0.225 e. The summed E-state index contributed by atoms with van der Waals surface area (Å²) in [6.45, 7) is 14.8. The first-order chi connectivity index (χ1) is 10.0. The highest BCUT2D eigenvalue weighted by Crippen LogP contribution is 2.23. The lowest BCUT2D eigenvalue weighted by atomic mass is 9.98. The van der Waals surface area contributed by atoms with Crippen LogP contribution >= 0.6 is 0 Å². The Balaban J connectivity index is 2.16. The molecule has 2 rings (SSSR count). The van der Waals surface area contributed by atoms with Crippen LogP contribution in [0.25, 0.3) is 0 Å². The largest absolute Gasteiger partial charge is 0.338 e. The van der Waals surface area contributed by atoms with Gasteiger partial charge in [0.25, 0.3) is 0 Å². The average Bonchev–Trinajstić information content (AvgIpc) is 2.45. The Morgan fingerprint density at radius 1 is 1.10 bits per heavy atom. The minimum atomic E-state index is 0.450. The van der Waals surface area contributed by atoms with Crippen molar-refractivity contribution in [2.75, 3.05) is 51.2 Å². The molecule has 0 amide bonds. The van der Waals surface area contributed by atoms with Gasteiger partial charge in [-0.2, -0.15) is 0 Å². The number of anilines is 1. The second kappa shape index (κ2) is 7.18.